The highest BCUT2D eigenvalue weighted by atomic mass is 15.2. The Kier molecular flexibility index (Phi) is 3.33. The van der Waals surface area contributed by atoms with Crippen LogP contribution in [-0.2, 0) is 13.0 Å². The minimum absolute atomic E-state index is 0.693. The molecule has 0 amide bonds. The number of imidazole rings is 1. The normalized spacial score (nSPS) is 10.9. The smallest absolute Gasteiger partial charge is 0.156 e. The van der Waals surface area contributed by atoms with Crippen LogP contribution < -0.4 is 5.32 Å². The Hall–Kier alpha value is -2.43. The van der Waals surface area contributed by atoms with E-state index in [9.17, 15) is 0 Å². The van der Waals surface area contributed by atoms with Crippen LogP contribution >= 0.6 is 0 Å². The van der Waals surface area contributed by atoms with Gasteiger partial charge >= 0.3 is 0 Å². The van der Waals surface area contributed by atoms with Crippen LogP contribution in [0.2, 0.25) is 0 Å². The zero-order valence-electron chi connectivity index (χ0n) is 11.7. The van der Waals surface area contributed by atoms with Crippen molar-refractivity contribution in [3.63, 3.8) is 0 Å². The summed E-state index contributed by atoms with van der Waals surface area (Å²) < 4.78 is 2.13. The third-order valence-electron chi connectivity index (χ3n) is 3.47. The fraction of sp³-hybridized carbons (Fsp3) is 0.267. The first kappa shape index (κ1) is 12.6. The summed E-state index contributed by atoms with van der Waals surface area (Å²) in [5, 5.41) is 13.9. The van der Waals surface area contributed by atoms with Crippen molar-refractivity contribution in [2.24, 2.45) is 0 Å². The van der Waals surface area contributed by atoms with E-state index in [1.165, 1.54) is 0 Å². The maximum atomic E-state index is 4.41. The van der Waals surface area contributed by atoms with Crippen LogP contribution in [0, 0.1) is 0 Å². The third kappa shape index (κ3) is 2.11. The molecule has 2 aromatic heterocycles. The van der Waals surface area contributed by atoms with Gasteiger partial charge in [0.1, 0.15) is 5.82 Å². The van der Waals surface area contributed by atoms with Crippen molar-refractivity contribution < 1.29 is 0 Å². The lowest BCUT2D eigenvalue weighted by Gasteiger charge is -2.09. The summed E-state index contributed by atoms with van der Waals surface area (Å²) in [6.45, 7) is 3.02. The van der Waals surface area contributed by atoms with Gasteiger partial charge in [-0.2, -0.15) is 5.10 Å². The highest BCUT2D eigenvalue weighted by molar-refractivity contribution is 5.93. The predicted molar refractivity (Wildman–Crippen MR) is 79.8 cm³/mol. The minimum Gasteiger partial charge on any atom is -0.371 e. The fourth-order valence-corrected chi connectivity index (χ4v) is 2.42. The number of benzene rings is 1. The lowest BCUT2D eigenvalue weighted by Crippen LogP contribution is -2.06. The van der Waals surface area contributed by atoms with Crippen molar-refractivity contribution in [1.82, 2.24) is 19.7 Å². The average Bonchev–Trinajstić information content (AvgIpc) is 2.95. The fourth-order valence-electron chi connectivity index (χ4n) is 2.42. The van der Waals surface area contributed by atoms with Gasteiger partial charge < -0.3 is 9.88 Å². The maximum absolute atomic E-state index is 4.41. The number of fused-ring (bicyclic) bond motifs is 1. The average molecular weight is 267 g/mol. The summed E-state index contributed by atoms with van der Waals surface area (Å²) in [6, 6.07) is 8.19. The number of hydrogen-bond acceptors (Lipinski definition) is 4. The van der Waals surface area contributed by atoms with Crippen LogP contribution in [-0.4, -0.2) is 26.8 Å². The molecule has 102 valence electrons. The summed E-state index contributed by atoms with van der Waals surface area (Å²) in [5.41, 5.74) is 0.959. The van der Waals surface area contributed by atoms with Gasteiger partial charge in [0.05, 0.1) is 12.1 Å². The van der Waals surface area contributed by atoms with E-state index in [4.69, 9.17) is 0 Å². The topological polar surface area (TPSA) is 55.6 Å². The van der Waals surface area contributed by atoms with Crippen LogP contribution in [0.15, 0.2) is 36.7 Å². The van der Waals surface area contributed by atoms with Gasteiger partial charge in [0.2, 0.25) is 0 Å². The zero-order chi connectivity index (χ0) is 13.9. The Bertz CT molecular complexity index is 732. The van der Waals surface area contributed by atoms with E-state index in [-0.39, 0.29) is 0 Å². The summed E-state index contributed by atoms with van der Waals surface area (Å²) in [5.74, 6) is 1.83. The molecule has 1 N–H and O–H groups in total. The van der Waals surface area contributed by atoms with Crippen LogP contribution in [0.25, 0.3) is 10.8 Å². The van der Waals surface area contributed by atoms with Gasteiger partial charge in [-0.05, 0) is 6.92 Å². The molecule has 0 bridgehead atoms. The first-order chi connectivity index (χ1) is 9.83. The molecule has 0 saturated heterocycles. The van der Waals surface area contributed by atoms with Gasteiger partial charge in [0, 0.05) is 36.8 Å². The number of aromatic nitrogens is 4. The first-order valence-electron chi connectivity index (χ1n) is 6.75. The number of nitrogens with zero attached hydrogens (tertiary/aromatic N) is 4. The molecular weight excluding hydrogens is 250 g/mol. The van der Waals surface area contributed by atoms with Crippen LogP contribution in [0.1, 0.15) is 18.4 Å². The first-order valence-corrected chi connectivity index (χ1v) is 6.75. The second-order valence-corrected chi connectivity index (χ2v) is 4.60. The molecule has 0 spiro atoms. The SMILES string of the molecule is CCn1ccnc1Cc1nnc(NC)c2ccccc12. The predicted octanol–water partition coefficient (Wildman–Crippen LogP) is 2.48. The molecule has 0 fully saturated rings. The van der Waals surface area contributed by atoms with E-state index < -0.39 is 0 Å². The molecule has 3 rings (SSSR count). The molecule has 0 atom stereocenters. The second-order valence-electron chi connectivity index (χ2n) is 4.60. The van der Waals surface area contributed by atoms with E-state index in [0.717, 1.165) is 34.7 Å². The standard InChI is InChI=1S/C15H17N5/c1-3-20-9-8-17-14(20)10-13-11-6-4-5-7-12(11)15(16-2)19-18-13/h4-9H,3,10H2,1-2H3,(H,16,19). The van der Waals surface area contributed by atoms with Crippen LogP contribution in [0.4, 0.5) is 5.82 Å². The zero-order valence-corrected chi connectivity index (χ0v) is 11.7. The monoisotopic (exact) mass is 267 g/mol. The van der Waals surface area contributed by atoms with Gasteiger partial charge in [-0.25, -0.2) is 4.98 Å². The van der Waals surface area contributed by atoms with E-state index in [2.05, 4.69) is 44.1 Å². The van der Waals surface area contributed by atoms with Crippen molar-refractivity contribution in [2.45, 2.75) is 19.9 Å². The molecule has 20 heavy (non-hydrogen) atoms. The highest BCUT2D eigenvalue weighted by Gasteiger charge is 2.11. The molecule has 1 aromatic carbocycles. The van der Waals surface area contributed by atoms with E-state index >= 15 is 0 Å². The number of rotatable bonds is 4. The van der Waals surface area contributed by atoms with Gasteiger partial charge in [-0.15, -0.1) is 5.10 Å². The Balaban J connectivity index is 2.08. The van der Waals surface area contributed by atoms with E-state index in [1.54, 1.807) is 0 Å². The van der Waals surface area contributed by atoms with E-state index in [1.807, 2.05) is 31.6 Å². The van der Waals surface area contributed by atoms with Crippen molar-refractivity contribution in [3.8, 4) is 0 Å². The van der Waals surface area contributed by atoms with Crippen molar-refractivity contribution >= 4 is 16.6 Å². The molecule has 5 nitrogen and oxygen atoms in total. The Morgan fingerprint density at radius 1 is 1.15 bits per heavy atom. The van der Waals surface area contributed by atoms with Crippen LogP contribution in [0.5, 0.6) is 0 Å². The Morgan fingerprint density at radius 3 is 2.70 bits per heavy atom. The lowest BCUT2D eigenvalue weighted by atomic mass is 10.1. The molecule has 3 aromatic rings. The van der Waals surface area contributed by atoms with Crippen molar-refractivity contribution in [3.05, 3.63) is 48.2 Å². The molecular formula is C15H17N5. The molecule has 5 heteroatoms. The van der Waals surface area contributed by atoms with Crippen molar-refractivity contribution in [1.29, 1.82) is 0 Å². The van der Waals surface area contributed by atoms with Crippen molar-refractivity contribution in [2.75, 3.05) is 12.4 Å². The number of hydrogen-bond donors (Lipinski definition) is 1. The molecule has 0 aliphatic carbocycles. The molecule has 0 unspecified atom stereocenters. The minimum atomic E-state index is 0.693. The van der Waals surface area contributed by atoms with Gasteiger partial charge in [-0.1, -0.05) is 24.3 Å². The largest absolute Gasteiger partial charge is 0.371 e. The van der Waals surface area contributed by atoms with E-state index in [0.29, 0.717) is 6.42 Å². The number of aryl methyl sites for hydroxylation is 1. The Morgan fingerprint density at radius 2 is 1.95 bits per heavy atom. The van der Waals surface area contributed by atoms with Gasteiger partial charge in [0.15, 0.2) is 5.82 Å². The molecule has 0 radical (unpaired) electrons. The molecule has 2 heterocycles. The number of anilines is 1. The summed E-state index contributed by atoms with van der Waals surface area (Å²) in [6.07, 6.45) is 4.52. The molecule has 0 aliphatic heterocycles. The Labute approximate surface area is 117 Å². The van der Waals surface area contributed by atoms with Crippen LogP contribution in [0.3, 0.4) is 0 Å². The maximum Gasteiger partial charge on any atom is 0.156 e. The summed E-state index contributed by atoms with van der Waals surface area (Å²) >= 11 is 0. The second kappa shape index (κ2) is 5.28. The van der Waals surface area contributed by atoms with Gasteiger partial charge in [0.25, 0.3) is 0 Å². The van der Waals surface area contributed by atoms with Gasteiger partial charge in [-0.3, -0.25) is 0 Å². The third-order valence-corrected chi connectivity index (χ3v) is 3.47. The quantitative estimate of drug-likeness (QED) is 0.789. The molecule has 0 saturated carbocycles. The lowest BCUT2D eigenvalue weighted by molar-refractivity contribution is 0.707. The highest BCUT2D eigenvalue weighted by Crippen LogP contribution is 2.23. The molecule has 0 aliphatic rings. The number of nitrogens with one attached hydrogen (secondary N) is 1. The summed E-state index contributed by atoms with van der Waals surface area (Å²) in [7, 11) is 1.86. The summed E-state index contributed by atoms with van der Waals surface area (Å²) in [4.78, 5) is 4.41.